The van der Waals surface area contributed by atoms with Crippen LogP contribution in [0.2, 0.25) is 0 Å². The van der Waals surface area contributed by atoms with E-state index in [4.69, 9.17) is 4.74 Å². The fourth-order valence-electron chi connectivity index (χ4n) is 1.93. The first kappa shape index (κ1) is 11.5. The second-order valence-corrected chi connectivity index (χ2v) is 4.22. The summed E-state index contributed by atoms with van der Waals surface area (Å²) >= 11 is 0. The number of rotatable bonds is 7. The van der Waals surface area contributed by atoms with Gasteiger partial charge < -0.3 is 14.6 Å². The minimum absolute atomic E-state index is 0.678. The van der Waals surface area contributed by atoms with E-state index in [-0.39, 0.29) is 0 Å². The average molecular weight is 223 g/mol. The minimum Gasteiger partial charge on any atom is -0.382 e. The molecule has 2 rings (SSSR count). The van der Waals surface area contributed by atoms with Crippen molar-refractivity contribution in [3.63, 3.8) is 0 Å². The van der Waals surface area contributed by atoms with Gasteiger partial charge >= 0.3 is 0 Å². The summed E-state index contributed by atoms with van der Waals surface area (Å²) in [5.74, 6) is 1.01. The Hall–Kier alpha value is -1.03. The Morgan fingerprint density at radius 2 is 2.44 bits per heavy atom. The molecule has 1 aliphatic carbocycles. The van der Waals surface area contributed by atoms with Gasteiger partial charge in [-0.05, 0) is 32.6 Å². The SMILES string of the molecule is CCOCCCNc1nccn1C1CCC1. The predicted octanol–water partition coefficient (Wildman–Crippen LogP) is 2.45. The van der Waals surface area contributed by atoms with Crippen molar-refractivity contribution < 1.29 is 4.74 Å². The monoisotopic (exact) mass is 223 g/mol. The highest BCUT2D eigenvalue weighted by atomic mass is 16.5. The van der Waals surface area contributed by atoms with Gasteiger partial charge in [0.25, 0.3) is 0 Å². The zero-order chi connectivity index (χ0) is 11.2. The maximum Gasteiger partial charge on any atom is 0.203 e. The first-order valence-electron chi connectivity index (χ1n) is 6.26. The summed E-state index contributed by atoms with van der Waals surface area (Å²) in [6.07, 6.45) is 8.93. The highest BCUT2D eigenvalue weighted by molar-refractivity contribution is 5.26. The Morgan fingerprint density at radius 1 is 1.56 bits per heavy atom. The zero-order valence-corrected chi connectivity index (χ0v) is 9.98. The molecule has 1 aromatic heterocycles. The maximum absolute atomic E-state index is 5.30. The van der Waals surface area contributed by atoms with Crippen molar-refractivity contribution in [2.24, 2.45) is 0 Å². The van der Waals surface area contributed by atoms with E-state index in [2.05, 4.69) is 21.1 Å². The Bertz CT molecular complexity index is 307. The van der Waals surface area contributed by atoms with Crippen molar-refractivity contribution in [1.29, 1.82) is 0 Å². The van der Waals surface area contributed by atoms with Crippen molar-refractivity contribution in [3.8, 4) is 0 Å². The molecule has 0 amide bonds. The molecule has 0 spiro atoms. The molecule has 1 heterocycles. The third-order valence-electron chi connectivity index (χ3n) is 3.09. The highest BCUT2D eigenvalue weighted by Crippen LogP contribution is 2.33. The molecule has 1 N–H and O–H groups in total. The number of hydrogen-bond acceptors (Lipinski definition) is 3. The van der Waals surface area contributed by atoms with Gasteiger partial charge in [0.1, 0.15) is 0 Å². The summed E-state index contributed by atoms with van der Waals surface area (Å²) in [6, 6.07) is 0.678. The topological polar surface area (TPSA) is 39.1 Å². The van der Waals surface area contributed by atoms with Crippen LogP contribution in [-0.4, -0.2) is 29.3 Å². The summed E-state index contributed by atoms with van der Waals surface area (Å²) in [4.78, 5) is 4.35. The van der Waals surface area contributed by atoms with Gasteiger partial charge in [0, 0.05) is 38.2 Å². The summed E-state index contributed by atoms with van der Waals surface area (Å²) in [6.45, 7) is 4.59. The molecule has 0 saturated heterocycles. The summed E-state index contributed by atoms with van der Waals surface area (Å²) in [5, 5.41) is 3.37. The van der Waals surface area contributed by atoms with Crippen LogP contribution in [0.4, 0.5) is 5.95 Å². The number of hydrogen-bond donors (Lipinski definition) is 1. The molecule has 1 fully saturated rings. The van der Waals surface area contributed by atoms with E-state index in [1.54, 1.807) is 0 Å². The van der Waals surface area contributed by atoms with Gasteiger partial charge in [0.15, 0.2) is 0 Å². The van der Waals surface area contributed by atoms with Gasteiger partial charge in [-0.2, -0.15) is 0 Å². The third kappa shape index (κ3) is 2.76. The number of aromatic nitrogens is 2. The van der Waals surface area contributed by atoms with Crippen molar-refractivity contribution in [3.05, 3.63) is 12.4 Å². The molecule has 0 aromatic carbocycles. The second kappa shape index (κ2) is 5.89. The number of nitrogens with one attached hydrogen (secondary N) is 1. The van der Waals surface area contributed by atoms with E-state index in [1.165, 1.54) is 19.3 Å². The number of nitrogens with zero attached hydrogens (tertiary/aromatic N) is 2. The highest BCUT2D eigenvalue weighted by Gasteiger charge is 2.21. The Morgan fingerprint density at radius 3 is 3.12 bits per heavy atom. The van der Waals surface area contributed by atoms with Crippen molar-refractivity contribution in [2.75, 3.05) is 25.1 Å². The maximum atomic E-state index is 5.30. The van der Waals surface area contributed by atoms with Crippen LogP contribution in [0.15, 0.2) is 12.4 Å². The predicted molar refractivity (Wildman–Crippen MR) is 64.7 cm³/mol. The average Bonchev–Trinajstić information content (AvgIpc) is 2.64. The first-order chi connectivity index (χ1) is 7.92. The van der Waals surface area contributed by atoms with Gasteiger partial charge in [-0.1, -0.05) is 0 Å². The quantitative estimate of drug-likeness (QED) is 0.722. The van der Waals surface area contributed by atoms with E-state index in [1.807, 2.05) is 13.1 Å². The largest absolute Gasteiger partial charge is 0.382 e. The molecule has 4 heteroatoms. The number of imidazole rings is 1. The molecule has 0 aliphatic heterocycles. The van der Waals surface area contributed by atoms with Gasteiger partial charge in [-0.3, -0.25) is 0 Å². The molecule has 1 aromatic rings. The lowest BCUT2D eigenvalue weighted by molar-refractivity contribution is 0.147. The molecule has 1 aliphatic rings. The second-order valence-electron chi connectivity index (χ2n) is 4.22. The molecule has 90 valence electrons. The van der Waals surface area contributed by atoms with Crippen LogP contribution in [0.25, 0.3) is 0 Å². The molecular weight excluding hydrogens is 202 g/mol. The van der Waals surface area contributed by atoms with Crippen molar-refractivity contribution >= 4 is 5.95 Å². The lowest BCUT2D eigenvalue weighted by atomic mass is 9.93. The number of anilines is 1. The Kier molecular flexibility index (Phi) is 4.22. The van der Waals surface area contributed by atoms with Gasteiger partial charge in [-0.15, -0.1) is 0 Å². The van der Waals surface area contributed by atoms with E-state index in [9.17, 15) is 0 Å². The summed E-state index contributed by atoms with van der Waals surface area (Å²) in [7, 11) is 0. The van der Waals surface area contributed by atoms with Crippen molar-refractivity contribution in [2.45, 2.75) is 38.6 Å². The van der Waals surface area contributed by atoms with Crippen LogP contribution in [0.1, 0.15) is 38.6 Å². The molecule has 0 radical (unpaired) electrons. The van der Waals surface area contributed by atoms with Crippen LogP contribution in [-0.2, 0) is 4.74 Å². The standard InChI is InChI=1S/C12H21N3O/c1-2-16-10-4-7-13-12-14-8-9-15(12)11-5-3-6-11/h8-9,11H,2-7,10H2,1H3,(H,13,14). The summed E-state index contributed by atoms with van der Waals surface area (Å²) in [5.41, 5.74) is 0. The van der Waals surface area contributed by atoms with Gasteiger partial charge in [-0.25, -0.2) is 4.98 Å². The molecule has 0 unspecified atom stereocenters. The lowest BCUT2D eigenvalue weighted by Gasteiger charge is -2.28. The molecule has 0 bridgehead atoms. The molecule has 1 saturated carbocycles. The minimum atomic E-state index is 0.678. The van der Waals surface area contributed by atoms with Crippen LogP contribution in [0, 0.1) is 0 Å². The van der Waals surface area contributed by atoms with Gasteiger partial charge in [0.2, 0.25) is 5.95 Å². The molecule has 4 nitrogen and oxygen atoms in total. The fourth-order valence-corrected chi connectivity index (χ4v) is 1.93. The van der Waals surface area contributed by atoms with E-state index in [0.29, 0.717) is 6.04 Å². The smallest absolute Gasteiger partial charge is 0.203 e. The summed E-state index contributed by atoms with van der Waals surface area (Å²) < 4.78 is 7.56. The zero-order valence-electron chi connectivity index (χ0n) is 9.98. The van der Waals surface area contributed by atoms with E-state index >= 15 is 0 Å². The van der Waals surface area contributed by atoms with Crippen LogP contribution < -0.4 is 5.32 Å². The van der Waals surface area contributed by atoms with Crippen LogP contribution in [0.3, 0.4) is 0 Å². The van der Waals surface area contributed by atoms with E-state index < -0.39 is 0 Å². The van der Waals surface area contributed by atoms with Crippen LogP contribution >= 0.6 is 0 Å². The first-order valence-corrected chi connectivity index (χ1v) is 6.26. The fraction of sp³-hybridized carbons (Fsp3) is 0.750. The Labute approximate surface area is 97.0 Å². The van der Waals surface area contributed by atoms with Gasteiger partial charge in [0.05, 0.1) is 0 Å². The van der Waals surface area contributed by atoms with Crippen LogP contribution in [0.5, 0.6) is 0 Å². The number of ether oxygens (including phenoxy) is 1. The molecule has 0 atom stereocenters. The van der Waals surface area contributed by atoms with Crippen molar-refractivity contribution in [1.82, 2.24) is 9.55 Å². The lowest BCUT2D eigenvalue weighted by Crippen LogP contribution is -2.19. The molecule has 16 heavy (non-hydrogen) atoms. The Balaban J connectivity index is 1.73. The normalized spacial score (nSPS) is 16.1. The molecular formula is C12H21N3O. The third-order valence-corrected chi connectivity index (χ3v) is 3.09. The van der Waals surface area contributed by atoms with E-state index in [0.717, 1.165) is 32.1 Å².